The lowest BCUT2D eigenvalue weighted by molar-refractivity contribution is 1.08. The van der Waals surface area contributed by atoms with Crippen molar-refractivity contribution in [3.05, 3.63) is 133 Å². The van der Waals surface area contributed by atoms with Crippen LogP contribution in [0.15, 0.2) is 127 Å². The summed E-state index contributed by atoms with van der Waals surface area (Å²) in [6, 6.07) is 19.3. The number of rotatable bonds is 7. The second-order valence-electron chi connectivity index (χ2n) is 8.87. The van der Waals surface area contributed by atoms with Crippen LogP contribution in [-0.2, 0) is 0 Å². The Morgan fingerprint density at radius 1 is 0.676 bits per heavy atom. The van der Waals surface area contributed by atoms with E-state index >= 15 is 0 Å². The molecule has 37 heavy (non-hydrogen) atoms. The third kappa shape index (κ3) is 4.24. The van der Waals surface area contributed by atoms with Gasteiger partial charge in [0.25, 0.3) is 0 Å². The Morgan fingerprint density at radius 3 is 1.95 bits per heavy atom. The van der Waals surface area contributed by atoms with Crippen LogP contribution in [0.4, 0.5) is 0 Å². The van der Waals surface area contributed by atoms with Crippen LogP contribution < -0.4 is 0 Å². The topological polar surface area (TPSA) is 30.6 Å². The van der Waals surface area contributed by atoms with Gasteiger partial charge >= 0.3 is 0 Å². The normalized spacial score (nSPS) is 12.4. The minimum absolute atomic E-state index is 1.13. The van der Waals surface area contributed by atoms with Crippen molar-refractivity contribution < 1.29 is 0 Å². The molecule has 0 unspecified atom stereocenters. The smallest absolute Gasteiger partial charge is 0.0704 e. The van der Waals surface area contributed by atoms with Crippen molar-refractivity contribution in [2.24, 2.45) is 0 Å². The molecule has 0 spiro atoms. The Kier molecular flexibility index (Phi) is 6.13. The molecular formula is C32H28N4S. The number of nitrogens with zero attached hydrogens (tertiary/aromatic N) is 3. The van der Waals surface area contributed by atoms with Crippen molar-refractivity contribution in [3.8, 4) is 33.6 Å². The lowest BCUT2D eigenvalue weighted by atomic mass is 9.92. The quantitative estimate of drug-likeness (QED) is 0.212. The molecule has 182 valence electrons. The predicted molar refractivity (Wildman–Crippen MR) is 156 cm³/mol. The van der Waals surface area contributed by atoms with Crippen LogP contribution in [0.25, 0.3) is 44.9 Å². The summed E-state index contributed by atoms with van der Waals surface area (Å²) in [5.74, 6) is 0. The highest BCUT2D eigenvalue weighted by Crippen LogP contribution is 2.39. The number of allylic oxidation sites excluding steroid dienone is 4. The Labute approximate surface area is 221 Å². The predicted octanol–water partition coefficient (Wildman–Crippen LogP) is 8.76. The van der Waals surface area contributed by atoms with E-state index < -0.39 is 0 Å². The molecular weight excluding hydrogens is 472 g/mol. The molecule has 0 fully saturated rings. The van der Waals surface area contributed by atoms with Crippen LogP contribution in [0.2, 0.25) is 0 Å². The van der Waals surface area contributed by atoms with Gasteiger partial charge in [-0.25, -0.2) is 0 Å². The molecule has 5 heteroatoms. The average Bonchev–Trinajstić information content (AvgIpc) is 3.77. The van der Waals surface area contributed by atoms with Gasteiger partial charge in [0, 0.05) is 82.7 Å². The molecule has 0 saturated carbocycles. The number of H-pyrrole nitrogens is 1. The van der Waals surface area contributed by atoms with E-state index in [9.17, 15) is 0 Å². The second kappa shape index (κ2) is 9.88. The first-order chi connectivity index (χ1) is 18.3. The Morgan fingerprint density at radius 2 is 1.30 bits per heavy atom. The van der Waals surface area contributed by atoms with E-state index in [2.05, 4.69) is 160 Å². The SMILES string of the molecule is C/C=C(\C(=C/C)n1cccc1)c1cc(-c2c[nH]cc2-n2cccc2)cc(-c2cscc2-n2cccc2)c1. The van der Waals surface area contributed by atoms with E-state index in [0.717, 1.165) is 16.9 Å². The van der Waals surface area contributed by atoms with Gasteiger partial charge < -0.3 is 18.7 Å². The minimum atomic E-state index is 1.13. The number of hydrogen-bond donors (Lipinski definition) is 1. The molecule has 0 atom stereocenters. The molecule has 6 rings (SSSR count). The first-order valence-corrected chi connectivity index (χ1v) is 13.3. The summed E-state index contributed by atoms with van der Waals surface area (Å²) in [5.41, 5.74) is 10.6. The molecule has 5 heterocycles. The summed E-state index contributed by atoms with van der Waals surface area (Å²) < 4.78 is 6.52. The molecule has 0 radical (unpaired) electrons. The number of aromatic amines is 1. The zero-order chi connectivity index (χ0) is 25.2. The van der Waals surface area contributed by atoms with Gasteiger partial charge in [-0.2, -0.15) is 0 Å². The zero-order valence-electron chi connectivity index (χ0n) is 20.9. The van der Waals surface area contributed by atoms with Gasteiger partial charge in [-0.05, 0) is 85.1 Å². The molecule has 0 amide bonds. The largest absolute Gasteiger partial charge is 0.365 e. The molecule has 1 N–H and O–H groups in total. The molecule has 6 aromatic rings. The molecule has 0 saturated heterocycles. The molecule has 0 aliphatic rings. The lowest BCUT2D eigenvalue weighted by Gasteiger charge is -2.17. The van der Waals surface area contributed by atoms with Gasteiger partial charge in [-0.1, -0.05) is 12.2 Å². The zero-order valence-corrected chi connectivity index (χ0v) is 21.7. The average molecular weight is 501 g/mol. The van der Waals surface area contributed by atoms with Crippen molar-refractivity contribution >= 4 is 22.6 Å². The van der Waals surface area contributed by atoms with Crippen LogP contribution in [0, 0.1) is 0 Å². The highest BCUT2D eigenvalue weighted by atomic mass is 32.1. The van der Waals surface area contributed by atoms with Crippen LogP contribution in [-0.4, -0.2) is 18.7 Å². The van der Waals surface area contributed by atoms with Crippen molar-refractivity contribution in [1.82, 2.24) is 18.7 Å². The molecule has 0 aliphatic carbocycles. The fraction of sp³-hybridized carbons (Fsp3) is 0.0625. The van der Waals surface area contributed by atoms with Gasteiger partial charge in [0.1, 0.15) is 0 Å². The molecule has 5 aromatic heterocycles. The first-order valence-electron chi connectivity index (χ1n) is 12.4. The number of hydrogen-bond acceptors (Lipinski definition) is 1. The van der Waals surface area contributed by atoms with Crippen molar-refractivity contribution in [2.75, 3.05) is 0 Å². The number of thiophene rings is 1. The summed E-state index contributed by atoms with van der Waals surface area (Å²) >= 11 is 1.73. The maximum Gasteiger partial charge on any atom is 0.0704 e. The van der Waals surface area contributed by atoms with Crippen molar-refractivity contribution in [2.45, 2.75) is 13.8 Å². The fourth-order valence-corrected chi connectivity index (χ4v) is 5.83. The standard InChI is InChI=1S/C32H28N4S/c1-3-27(30(4-2)34-11-5-6-12-34)24-17-25(28-20-33-21-31(28)35-13-7-8-14-35)19-26(18-24)29-22-37-23-32(29)36-15-9-10-16-36/h3-23,33H,1-2H3/b27-3-,30-4+. The Hall–Kier alpha value is -4.48. The van der Waals surface area contributed by atoms with E-state index in [1.807, 2.05) is 0 Å². The van der Waals surface area contributed by atoms with E-state index in [4.69, 9.17) is 0 Å². The minimum Gasteiger partial charge on any atom is -0.365 e. The highest BCUT2D eigenvalue weighted by Gasteiger charge is 2.17. The summed E-state index contributed by atoms with van der Waals surface area (Å²) in [5, 5.41) is 4.47. The summed E-state index contributed by atoms with van der Waals surface area (Å²) in [7, 11) is 0. The van der Waals surface area contributed by atoms with E-state index in [-0.39, 0.29) is 0 Å². The summed E-state index contributed by atoms with van der Waals surface area (Å²) in [6.45, 7) is 4.22. The lowest BCUT2D eigenvalue weighted by Crippen LogP contribution is -1.99. The van der Waals surface area contributed by atoms with Gasteiger partial charge in [0.2, 0.25) is 0 Å². The van der Waals surface area contributed by atoms with E-state index in [1.165, 1.54) is 33.5 Å². The summed E-state index contributed by atoms with van der Waals surface area (Å²) in [4.78, 5) is 3.34. The summed E-state index contributed by atoms with van der Waals surface area (Å²) in [6.07, 6.45) is 21.1. The van der Waals surface area contributed by atoms with Gasteiger partial charge in [0.05, 0.1) is 11.4 Å². The van der Waals surface area contributed by atoms with Crippen LogP contribution in [0.3, 0.4) is 0 Å². The van der Waals surface area contributed by atoms with Gasteiger partial charge in [-0.15, -0.1) is 11.3 Å². The van der Waals surface area contributed by atoms with Gasteiger partial charge in [0.15, 0.2) is 0 Å². The molecule has 1 aromatic carbocycles. The third-order valence-electron chi connectivity index (χ3n) is 6.72. The van der Waals surface area contributed by atoms with E-state index in [0.29, 0.717) is 0 Å². The van der Waals surface area contributed by atoms with Crippen molar-refractivity contribution in [1.29, 1.82) is 0 Å². The third-order valence-corrected chi connectivity index (χ3v) is 7.45. The van der Waals surface area contributed by atoms with Crippen LogP contribution in [0.5, 0.6) is 0 Å². The van der Waals surface area contributed by atoms with Crippen LogP contribution in [0.1, 0.15) is 19.4 Å². The Bertz CT molecular complexity index is 1580. The van der Waals surface area contributed by atoms with E-state index in [1.54, 1.807) is 11.3 Å². The monoisotopic (exact) mass is 500 g/mol. The number of nitrogens with one attached hydrogen (secondary N) is 1. The fourth-order valence-electron chi connectivity index (χ4n) is 4.99. The number of aromatic nitrogens is 4. The molecule has 0 bridgehead atoms. The highest BCUT2D eigenvalue weighted by molar-refractivity contribution is 7.08. The Balaban J connectivity index is 1.57. The number of benzene rings is 1. The molecule has 0 aliphatic heterocycles. The maximum absolute atomic E-state index is 3.34. The molecule has 4 nitrogen and oxygen atoms in total. The second-order valence-corrected chi connectivity index (χ2v) is 9.61. The van der Waals surface area contributed by atoms with Crippen molar-refractivity contribution in [3.63, 3.8) is 0 Å². The maximum atomic E-state index is 3.34. The van der Waals surface area contributed by atoms with Gasteiger partial charge in [-0.3, -0.25) is 0 Å². The van der Waals surface area contributed by atoms with Crippen LogP contribution >= 0.6 is 11.3 Å². The first kappa shape index (κ1) is 23.0.